The van der Waals surface area contributed by atoms with E-state index >= 15 is 0 Å². The van der Waals surface area contributed by atoms with Crippen LogP contribution in [0.25, 0.3) is 10.9 Å². The molecule has 7 nitrogen and oxygen atoms in total. The molecule has 0 unspecified atom stereocenters. The number of carbonyl (C=O) groups is 1. The second-order valence-electron chi connectivity index (χ2n) is 9.19. The van der Waals surface area contributed by atoms with E-state index < -0.39 is 5.97 Å². The van der Waals surface area contributed by atoms with E-state index in [1.807, 2.05) is 0 Å². The van der Waals surface area contributed by atoms with Gasteiger partial charge in [-0.25, -0.2) is 4.98 Å². The van der Waals surface area contributed by atoms with Crippen LogP contribution in [0.5, 0.6) is 0 Å². The number of hydrogen-bond acceptors (Lipinski definition) is 6. The lowest BCUT2D eigenvalue weighted by Gasteiger charge is -2.32. The Morgan fingerprint density at radius 3 is 2.68 bits per heavy atom. The molecule has 2 aliphatic heterocycles. The minimum Gasteiger partial charge on any atom is -0.481 e. The van der Waals surface area contributed by atoms with Crippen LogP contribution in [0.2, 0.25) is 0 Å². The van der Waals surface area contributed by atoms with Gasteiger partial charge in [0, 0.05) is 49.7 Å². The number of nitrogens with zero attached hydrogens (tertiary/aromatic N) is 4. The van der Waals surface area contributed by atoms with Gasteiger partial charge in [-0.3, -0.25) is 9.69 Å². The van der Waals surface area contributed by atoms with Crippen LogP contribution in [0, 0.1) is 12.8 Å². The molecular weight excluding hydrogens is 392 g/mol. The molecule has 2 aliphatic rings. The van der Waals surface area contributed by atoms with Crippen LogP contribution in [-0.4, -0.2) is 85.4 Å². The lowest BCUT2D eigenvalue weighted by Crippen LogP contribution is -2.41. The summed E-state index contributed by atoms with van der Waals surface area (Å²) in [5, 5.41) is 10.9. The number of aromatic nitrogens is 1. The van der Waals surface area contributed by atoms with Gasteiger partial charge in [-0.05, 0) is 51.6 Å². The summed E-state index contributed by atoms with van der Waals surface area (Å²) in [7, 11) is 4.17. The number of morpholine rings is 1. The van der Waals surface area contributed by atoms with Crippen LogP contribution in [0.4, 0.5) is 5.82 Å². The molecule has 1 aromatic carbocycles. The lowest BCUT2D eigenvalue weighted by atomic mass is 10.0. The molecule has 1 aromatic heterocycles. The zero-order chi connectivity index (χ0) is 22.0. The van der Waals surface area contributed by atoms with Gasteiger partial charge in [0.05, 0.1) is 24.6 Å². The third-order valence-electron chi connectivity index (χ3n) is 6.61. The molecule has 4 rings (SSSR count). The number of aryl methyl sites for hydroxylation is 1. The summed E-state index contributed by atoms with van der Waals surface area (Å²) in [4.78, 5) is 23.8. The number of likely N-dealkylation sites (tertiary alicyclic amines) is 1. The van der Waals surface area contributed by atoms with Crippen molar-refractivity contribution in [3.8, 4) is 0 Å². The van der Waals surface area contributed by atoms with Crippen LogP contribution >= 0.6 is 0 Å². The predicted octanol–water partition coefficient (Wildman–Crippen LogP) is 2.61. The predicted molar refractivity (Wildman–Crippen MR) is 123 cm³/mol. The largest absolute Gasteiger partial charge is 0.481 e. The zero-order valence-corrected chi connectivity index (χ0v) is 18.9. The van der Waals surface area contributed by atoms with Crippen LogP contribution in [-0.2, 0) is 16.1 Å². The molecule has 0 saturated carbocycles. The molecule has 7 heteroatoms. The molecule has 0 spiro atoms. The molecular formula is C24H34N4O3. The molecule has 2 atom stereocenters. The average Bonchev–Trinajstić information content (AvgIpc) is 2.97. The number of likely N-dealkylation sites (N-methyl/N-ethyl adjacent to an activating group) is 1. The SMILES string of the molecule is Cc1ccc2cc(CN3C[C@@H](C(=O)O)CC[C@@H](N(C)C)C3)c(N3CCOCC3)nc2c1. The number of aliphatic carboxylic acids is 1. The molecule has 0 aliphatic carbocycles. The second-order valence-corrected chi connectivity index (χ2v) is 9.19. The summed E-state index contributed by atoms with van der Waals surface area (Å²) >= 11 is 0. The zero-order valence-electron chi connectivity index (χ0n) is 18.9. The molecule has 168 valence electrons. The summed E-state index contributed by atoms with van der Waals surface area (Å²) in [6.07, 6.45) is 1.63. The van der Waals surface area contributed by atoms with Crippen molar-refractivity contribution in [1.82, 2.24) is 14.8 Å². The van der Waals surface area contributed by atoms with Crippen molar-refractivity contribution in [3.63, 3.8) is 0 Å². The van der Waals surface area contributed by atoms with E-state index in [2.05, 4.69) is 60.0 Å². The highest BCUT2D eigenvalue weighted by atomic mass is 16.5. The van der Waals surface area contributed by atoms with Crippen molar-refractivity contribution >= 4 is 22.7 Å². The highest BCUT2D eigenvalue weighted by Gasteiger charge is 2.30. The fourth-order valence-corrected chi connectivity index (χ4v) is 4.73. The van der Waals surface area contributed by atoms with Gasteiger partial charge in [-0.15, -0.1) is 0 Å². The Bertz CT molecular complexity index is 926. The van der Waals surface area contributed by atoms with Gasteiger partial charge in [0.15, 0.2) is 0 Å². The Balaban J connectivity index is 1.69. The minimum atomic E-state index is -0.690. The Morgan fingerprint density at radius 2 is 1.97 bits per heavy atom. The first-order chi connectivity index (χ1) is 14.9. The Kier molecular flexibility index (Phi) is 6.74. The summed E-state index contributed by atoms with van der Waals surface area (Å²) in [5.74, 6) is -0.00306. The number of fused-ring (bicyclic) bond motifs is 1. The van der Waals surface area contributed by atoms with Crippen LogP contribution in [0.1, 0.15) is 24.0 Å². The van der Waals surface area contributed by atoms with E-state index in [0.29, 0.717) is 32.3 Å². The summed E-state index contributed by atoms with van der Waals surface area (Å²) in [6, 6.07) is 8.99. The fraction of sp³-hybridized carbons (Fsp3) is 0.583. The highest BCUT2D eigenvalue weighted by Crippen LogP contribution is 2.28. The molecule has 0 radical (unpaired) electrons. The van der Waals surface area contributed by atoms with Gasteiger partial charge >= 0.3 is 5.97 Å². The Labute approximate surface area is 184 Å². The second kappa shape index (κ2) is 9.51. The van der Waals surface area contributed by atoms with Gasteiger partial charge in [-0.1, -0.05) is 12.1 Å². The first-order valence-electron chi connectivity index (χ1n) is 11.3. The maximum absolute atomic E-state index is 11.8. The number of rotatable bonds is 5. The molecule has 0 amide bonds. The summed E-state index contributed by atoms with van der Waals surface area (Å²) in [5.41, 5.74) is 3.38. The monoisotopic (exact) mass is 426 g/mol. The average molecular weight is 427 g/mol. The maximum atomic E-state index is 11.8. The van der Waals surface area contributed by atoms with Crippen molar-refractivity contribution in [3.05, 3.63) is 35.4 Å². The molecule has 2 saturated heterocycles. The number of hydrogen-bond donors (Lipinski definition) is 1. The number of anilines is 1. The molecule has 0 bridgehead atoms. The minimum absolute atomic E-state index is 0.326. The Morgan fingerprint density at radius 1 is 1.19 bits per heavy atom. The molecule has 31 heavy (non-hydrogen) atoms. The van der Waals surface area contributed by atoms with Gasteiger partial charge in [0.2, 0.25) is 0 Å². The topological polar surface area (TPSA) is 69.1 Å². The maximum Gasteiger partial charge on any atom is 0.307 e. The standard InChI is InChI=1S/C24H34N4O3/c1-17-4-5-18-13-20(23(25-22(18)12-17)28-8-10-31-11-9-28)15-27-14-19(24(29)30)6-7-21(16-27)26(2)3/h4-5,12-13,19,21H,6-11,14-16H2,1-3H3,(H,29,30)/t19-,21+/m0/s1. The van der Waals surface area contributed by atoms with Crippen molar-refractivity contribution < 1.29 is 14.6 Å². The third kappa shape index (κ3) is 5.17. The third-order valence-corrected chi connectivity index (χ3v) is 6.61. The van der Waals surface area contributed by atoms with E-state index in [9.17, 15) is 9.90 Å². The van der Waals surface area contributed by atoms with Gasteiger partial charge < -0.3 is 19.6 Å². The van der Waals surface area contributed by atoms with E-state index in [-0.39, 0.29) is 5.92 Å². The van der Waals surface area contributed by atoms with Crippen molar-refractivity contribution in [2.45, 2.75) is 32.4 Å². The summed E-state index contributed by atoms with van der Waals surface area (Å²) in [6.45, 7) is 7.32. The molecule has 1 N–H and O–H groups in total. The fourth-order valence-electron chi connectivity index (χ4n) is 4.73. The number of ether oxygens (including phenoxy) is 1. The van der Waals surface area contributed by atoms with Crippen molar-refractivity contribution in [2.75, 3.05) is 58.4 Å². The van der Waals surface area contributed by atoms with Gasteiger partial charge in [0.25, 0.3) is 0 Å². The first kappa shape index (κ1) is 22.0. The molecule has 3 heterocycles. The van der Waals surface area contributed by atoms with Crippen LogP contribution < -0.4 is 4.90 Å². The number of pyridine rings is 1. The Hall–Kier alpha value is -2.22. The molecule has 2 fully saturated rings. The quantitative estimate of drug-likeness (QED) is 0.788. The van der Waals surface area contributed by atoms with E-state index in [0.717, 1.165) is 49.2 Å². The van der Waals surface area contributed by atoms with Crippen LogP contribution in [0.3, 0.4) is 0 Å². The summed E-state index contributed by atoms with van der Waals surface area (Å²) < 4.78 is 5.56. The number of benzene rings is 1. The number of carboxylic acids is 1. The van der Waals surface area contributed by atoms with Crippen LogP contribution in [0.15, 0.2) is 24.3 Å². The van der Waals surface area contributed by atoms with Gasteiger partial charge in [-0.2, -0.15) is 0 Å². The highest BCUT2D eigenvalue weighted by molar-refractivity contribution is 5.82. The molecule has 2 aromatic rings. The smallest absolute Gasteiger partial charge is 0.307 e. The van der Waals surface area contributed by atoms with E-state index in [4.69, 9.17) is 9.72 Å². The van der Waals surface area contributed by atoms with Gasteiger partial charge in [0.1, 0.15) is 5.82 Å². The van der Waals surface area contributed by atoms with Crippen molar-refractivity contribution in [2.24, 2.45) is 5.92 Å². The number of carboxylic acid groups (broad SMARTS) is 1. The first-order valence-corrected chi connectivity index (χ1v) is 11.3. The normalized spacial score (nSPS) is 23.3. The van der Waals surface area contributed by atoms with E-state index in [1.165, 1.54) is 11.1 Å². The lowest BCUT2D eigenvalue weighted by molar-refractivity contribution is -0.142. The van der Waals surface area contributed by atoms with E-state index in [1.54, 1.807) is 0 Å². The van der Waals surface area contributed by atoms with Crippen molar-refractivity contribution in [1.29, 1.82) is 0 Å².